The normalized spacial score (nSPS) is 12.4. The molecule has 0 aromatic heterocycles. The molecule has 1 atom stereocenters. The van der Waals surface area contributed by atoms with E-state index in [1.807, 2.05) is 6.07 Å². The molecule has 0 aliphatic carbocycles. The van der Waals surface area contributed by atoms with Crippen LogP contribution in [0.15, 0.2) is 48.5 Å². The van der Waals surface area contributed by atoms with Crippen LogP contribution in [0, 0.1) is 9.39 Å². The van der Waals surface area contributed by atoms with Gasteiger partial charge in [-0.2, -0.15) is 0 Å². The molecule has 17 heavy (non-hydrogen) atoms. The standard InChI is InChI=1S/C14H11BrFI/c15-14(11-4-6-13(17)7-5-11)9-10-2-1-3-12(16)8-10/h1-8,14H,9H2. The average molecular weight is 405 g/mol. The molecule has 2 rings (SSSR count). The first-order chi connectivity index (χ1) is 8.15. The lowest BCUT2D eigenvalue weighted by atomic mass is 10.0. The largest absolute Gasteiger partial charge is 0.207 e. The first kappa shape index (κ1) is 13.0. The smallest absolute Gasteiger partial charge is 0.123 e. The van der Waals surface area contributed by atoms with E-state index in [4.69, 9.17) is 0 Å². The zero-order valence-electron chi connectivity index (χ0n) is 9.04. The molecule has 0 N–H and O–H groups in total. The maximum absolute atomic E-state index is 13.1. The van der Waals surface area contributed by atoms with Crippen LogP contribution >= 0.6 is 38.5 Å². The lowest BCUT2D eigenvalue weighted by molar-refractivity contribution is 0.625. The summed E-state index contributed by atoms with van der Waals surface area (Å²) in [5.74, 6) is -0.176. The Morgan fingerprint density at radius 1 is 1.12 bits per heavy atom. The van der Waals surface area contributed by atoms with Gasteiger partial charge in [-0.1, -0.05) is 40.2 Å². The van der Waals surface area contributed by atoms with Gasteiger partial charge < -0.3 is 0 Å². The van der Waals surface area contributed by atoms with Crippen LogP contribution in [0.3, 0.4) is 0 Å². The van der Waals surface area contributed by atoms with Crippen molar-refractivity contribution in [1.29, 1.82) is 0 Å². The molecule has 0 bridgehead atoms. The Kier molecular flexibility index (Phi) is 4.56. The summed E-state index contributed by atoms with van der Waals surface area (Å²) in [6.07, 6.45) is 0.790. The SMILES string of the molecule is Fc1cccc(CC(Br)c2ccc(I)cc2)c1. The first-order valence-electron chi connectivity index (χ1n) is 5.29. The molecule has 2 aromatic rings. The lowest BCUT2D eigenvalue weighted by Gasteiger charge is -2.10. The second-order valence-electron chi connectivity index (χ2n) is 3.85. The molecule has 88 valence electrons. The van der Waals surface area contributed by atoms with E-state index in [-0.39, 0.29) is 10.6 Å². The summed E-state index contributed by atoms with van der Waals surface area (Å²) in [6.45, 7) is 0. The van der Waals surface area contributed by atoms with Crippen LogP contribution in [0.25, 0.3) is 0 Å². The predicted molar refractivity (Wildman–Crippen MR) is 80.9 cm³/mol. The molecule has 0 spiro atoms. The highest BCUT2D eigenvalue weighted by molar-refractivity contribution is 14.1. The monoisotopic (exact) mass is 404 g/mol. The van der Waals surface area contributed by atoms with Crippen molar-refractivity contribution in [2.24, 2.45) is 0 Å². The van der Waals surface area contributed by atoms with Gasteiger partial charge in [-0.3, -0.25) is 0 Å². The minimum absolute atomic E-state index is 0.176. The molecule has 0 saturated heterocycles. The summed E-state index contributed by atoms with van der Waals surface area (Å²) in [5.41, 5.74) is 2.22. The van der Waals surface area contributed by atoms with Crippen molar-refractivity contribution < 1.29 is 4.39 Å². The van der Waals surface area contributed by atoms with Crippen LogP contribution in [0.1, 0.15) is 16.0 Å². The summed E-state index contributed by atoms with van der Waals surface area (Å²) in [7, 11) is 0. The Labute approximate surface area is 123 Å². The van der Waals surface area contributed by atoms with Crippen molar-refractivity contribution in [2.45, 2.75) is 11.2 Å². The fourth-order valence-corrected chi connectivity index (χ4v) is 2.70. The van der Waals surface area contributed by atoms with Crippen molar-refractivity contribution in [3.05, 3.63) is 69.0 Å². The predicted octanol–water partition coefficient (Wildman–Crippen LogP) is 5.11. The van der Waals surface area contributed by atoms with E-state index >= 15 is 0 Å². The van der Waals surface area contributed by atoms with Gasteiger partial charge in [0.2, 0.25) is 0 Å². The highest BCUT2D eigenvalue weighted by Gasteiger charge is 2.08. The van der Waals surface area contributed by atoms with Crippen LogP contribution in [0.4, 0.5) is 4.39 Å². The van der Waals surface area contributed by atoms with E-state index in [1.54, 1.807) is 12.1 Å². The summed E-state index contributed by atoms with van der Waals surface area (Å²) >= 11 is 5.93. The summed E-state index contributed by atoms with van der Waals surface area (Å²) in [5, 5.41) is 0. The zero-order valence-corrected chi connectivity index (χ0v) is 12.8. The van der Waals surface area contributed by atoms with Crippen LogP contribution in [-0.4, -0.2) is 0 Å². The Morgan fingerprint density at radius 3 is 2.47 bits per heavy atom. The minimum atomic E-state index is -0.176. The summed E-state index contributed by atoms with van der Waals surface area (Å²) < 4.78 is 14.3. The molecule has 0 amide bonds. The van der Waals surface area contributed by atoms with Crippen molar-refractivity contribution in [3.63, 3.8) is 0 Å². The number of alkyl halides is 1. The van der Waals surface area contributed by atoms with Gasteiger partial charge >= 0.3 is 0 Å². The van der Waals surface area contributed by atoms with Crippen LogP contribution in [0.2, 0.25) is 0 Å². The highest BCUT2D eigenvalue weighted by Crippen LogP contribution is 2.27. The Morgan fingerprint density at radius 2 is 1.82 bits per heavy atom. The van der Waals surface area contributed by atoms with Gasteiger partial charge in [0.15, 0.2) is 0 Å². The fraction of sp³-hybridized carbons (Fsp3) is 0.143. The van der Waals surface area contributed by atoms with Gasteiger partial charge in [0, 0.05) is 8.40 Å². The van der Waals surface area contributed by atoms with Crippen LogP contribution in [0.5, 0.6) is 0 Å². The Balaban J connectivity index is 2.11. The molecular formula is C14H11BrFI. The molecule has 0 heterocycles. The summed E-state index contributed by atoms with van der Waals surface area (Å²) in [4.78, 5) is 0.223. The van der Waals surface area contributed by atoms with Gasteiger partial charge in [-0.25, -0.2) is 4.39 Å². The molecule has 3 heteroatoms. The van der Waals surface area contributed by atoms with Crippen molar-refractivity contribution in [2.75, 3.05) is 0 Å². The Bertz CT molecular complexity index is 496. The maximum atomic E-state index is 13.1. The highest BCUT2D eigenvalue weighted by atomic mass is 127. The minimum Gasteiger partial charge on any atom is -0.207 e. The third kappa shape index (κ3) is 3.78. The van der Waals surface area contributed by atoms with E-state index in [2.05, 4.69) is 62.8 Å². The van der Waals surface area contributed by atoms with E-state index in [0.29, 0.717) is 0 Å². The number of hydrogen-bond acceptors (Lipinski definition) is 0. The quantitative estimate of drug-likeness (QED) is 0.492. The van der Waals surface area contributed by atoms with Crippen molar-refractivity contribution >= 4 is 38.5 Å². The number of rotatable bonds is 3. The number of halogens is 3. The van der Waals surface area contributed by atoms with Gasteiger partial charge in [0.05, 0.1) is 0 Å². The molecule has 1 unspecified atom stereocenters. The van der Waals surface area contributed by atoms with Gasteiger partial charge in [0.1, 0.15) is 5.82 Å². The van der Waals surface area contributed by atoms with E-state index in [9.17, 15) is 4.39 Å². The van der Waals surface area contributed by atoms with Crippen LogP contribution in [-0.2, 0) is 6.42 Å². The second kappa shape index (κ2) is 5.96. The lowest BCUT2D eigenvalue weighted by Crippen LogP contribution is -1.95. The number of hydrogen-bond donors (Lipinski definition) is 0. The molecule has 0 saturated carbocycles. The molecule has 0 fully saturated rings. The molecule has 0 aliphatic rings. The summed E-state index contributed by atoms with van der Waals surface area (Å²) in [6, 6.07) is 15.1. The molecule has 2 aromatic carbocycles. The maximum Gasteiger partial charge on any atom is 0.123 e. The third-order valence-corrected chi connectivity index (χ3v) is 4.11. The van der Waals surface area contributed by atoms with E-state index < -0.39 is 0 Å². The Hall–Kier alpha value is -0.420. The van der Waals surface area contributed by atoms with Crippen LogP contribution < -0.4 is 0 Å². The molecule has 0 aliphatic heterocycles. The fourth-order valence-electron chi connectivity index (χ4n) is 1.66. The van der Waals surface area contributed by atoms with Gasteiger partial charge in [-0.15, -0.1) is 0 Å². The topological polar surface area (TPSA) is 0 Å². The van der Waals surface area contributed by atoms with Gasteiger partial charge in [-0.05, 0) is 64.4 Å². The number of benzene rings is 2. The second-order valence-corrected chi connectivity index (χ2v) is 6.20. The average Bonchev–Trinajstić information content (AvgIpc) is 2.29. The first-order valence-corrected chi connectivity index (χ1v) is 7.28. The third-order valence-electron chi connectivity index (χ3n) is 2.54. The molecule has 0 nitrogen and oxygen atoms in total. The van der Waals surface area contributed by atoms with Crippen molar-refractivity contribution in [3.8, 4) is 0 Å². The zero-order chi connectivity index (χ0) is 12.3. The van der Waals surface area contributed by atoms with E-state index in [0.717, 1.165) is 12.0 Å². The van der Waals surface area contributed by atoms with Crippen molar-refractivity contribution in [1.82, 2.24) is 0 Å². The molecule has 0 radical (unpaired) electrons. The molecular weight excluding hydrogens is 394 g/mol. The van der Waals surface area contributed by atoms with Gasteiger partial charge in [0.25, 0.3) is 0 Å². The van der Waals surface area contributed by atoms with E-state index in [1.165, 1.54) is 15.2 Å².